The summed E-state index contributed by atoms with van der Waals surface area (Å²) in [7, 11) is 0. The molecule has 0 radical (unpaired) electrons. The average molecular weight is 308 g/mol. The quantitative estimate of drug-likeness (QED) is 0.791. The van der Waals surface area contributed by atoms with Crippen molar-refractivity contribution < 1.29 is 9.13 Å². The van der Waals surface area contributed by atoms with Crippen LogP contribution in [-0.4, -0.2) is 13.2 Å². The topological polar surface area (TPSA) is 64.5 Å². The zero-order valence-corrected chi connectivity index (χ0v) is 12.0. The van der Waals surface area contributed by atoms with Crippen molar-refractivity contribution in [3.63, 3.8) is 0 Å². The maximum atomic E-state index is 14.6. The fourth-order valence-corrected chi connectivity index (χ4v) is 2.63. The van der Waals surface area contributed by atoms with E-state index in [1.807, 2.05) is 24.3 Å². The highest BCUT2D eigenvalue weighted by molar-refractivity contribution is 6.33. The van der Waals surface area contributed by atoms with E-state index in [1.54, 1.807) is 4.90 Å². The predicted molar refractivity (Wildman–Crippen MR) is 83.8 cm³/mol. The highest BCUT2D eigenvalue weighted by Crippen LogP contribution is 2.42. The Bertz CT molecular complexity index is 693. The van der Waals surface area contributed by atoms with Gasteiger partial charge < -0.3 is 21.1 Å². The molecular weight excluding hydrogens is 293 g/mol. The van der Waals surface area contributed by atoms with Gasteiger partial charge in [0.15, 0.2) is 5.82 Å². The van der Waals surface area contributed by atoms with Gasteiger partial charge in [-0.15, -0.1) is 0 Å². The summed E-state index contributed by atoms with van der Waals surface area (Å²) < 4.78 is 20.2. The van der Waals surface area contributed by atoms with Crippen LogP contribution in [0.15, 0.2) is 30.3 Å². The van der Waals surface area contributed by atoms with Gasteiger partial charge in [-0.3, -0.25) is 0 Å². The molecular formula is C15H15ClFN3O. The summed E-state index contributed by atoms with van der Waals surface area (Å²) in [5.74, 6) is 0.0904. The number of fused-ring (bicyclic) bond motifs is 1. The van der Waals surface area contributed by atoms with Crippen molar-refractivity contribution in [2.45, 2.75) is 6.42 Å². The average Bonchev–Trinajstić information content (AvgIpc) is 2.68. The lowest BCUT2D eigenvalue weighted by atomic mass is 10.1. The molecule has 4 nitrogen and oxygen atoms in total. The number of rotatable bonds is 1. The van der Waals surface area contributed by atoms with Crippen molar-refractivity contribution in [1.29, 1.82) is 0 Å². The van der Waals surface area contributed by atoms with E-state index in [1.165, 1.54) is 6.07 Å². The molecule has 1 aliphatic rings. The zero-order valence-electron chi connectivity index (χ0n) is 11.3. The van der Waals surface area contributed by atoms with Gasteiger partial charge in [0.25, 0.3) is 0 Å². The van der Waals surface area contributed by atoms with Crippen LogP contribution in [0.4, 0.5) is 27.1 Å². The number of hydrogen-bond donors (Lipinski definition) is 2. The van der Waals surface area contributed by atoms with Gasteiger partial charge in [-0.25, -0.2) is 4.39 Å². The number of halogens is 2. The molecule has 0 saturated heterocycles. The third-order valence-corrected chi connectivity index (χ3v) is 3.83. The van der Waals surface area contributed by atoms with Crippen LogP contribution in [-0.2, 0) is 0 Å². The molecule has 0 aromatic heterocycles. The molecule has 0 bridgehead atoms. The van der Waals surface area contributed by atoms with Crippen molar-refractivity contribution in [2.24, 2.45) is 0 Å². The van der Waals surface area contributed by atoms with Crippen molar-refractivity contribution >= 4 is 34.4 Å². The van der Waals surface area contributed by atoms with Gasteiger partial charge in [0.05, 0.1) is 23.7 Å². The third-order valence-electron chi connectivity index (χ3n) is 3.45. The van der Waals surface area contributed by atoms with Crippen molar-refractivity contribution in [3.8, 4) is 5.75 Å². The number of anilines is 4. The molecule has 0 fully saturated rings. The lowest BCUT2D eigenvalue weighted by Crippen LogP contribution is -2.20. The highest BCUT2D eigenvalue weighted by atomic mass is 35.5. The first-order valence-corrected chi connectivity index (χ1v) is 6.99. The Hall–Kier alpha value is -2.14. The molecule has 0 saturated carbocycles. The molecule has 6 heteroatoms. The van der Waals surface area contributed by atoms with Gasteiger partial charge in [-0.1, -0.05) is 23.7 Å². The molecule has 1 heterocycles. The Morgan fingerprint density at radius 2 is 1.95 bits per heavy atom. The molecule has 0 atom stereocenters. The molecule has 21 heavy (non-hydrogen) atoms. The van der Waals surface area contributed by atoms with Gasteiger partial charge in [0, 0.05) is 6.54 Å². The minimum absolute atomic E-state index is 0.109. The first-order chi connectivity index (χ1) is 10.1. The van der Waals surface area contributed by atoms with Crippen LogP contribution in [0.1, 0.15) is 6.42 Å². The minimum Gasteiger partial charge on any atom is -0.491 e. The fraction of sp³-hybridized carbons (Fsp3) is 0.200. The Kier molecular flexibility index (Phi) is 3.51. The first-order valence-electron chi connectivity index (χ1n) is 6.62. The number of nitrogens with zero attached hydrogens (tertiary/aromatic N) is 1. The van der Waals surface area contributed by atoms with Crippen LogP contribution in [0, 0.1) is 5.82 Å². The second kappa shape index (κ2) is 5.33. The van der Waals surface area contributed by atoms with E-state index in [0.29, 0.717) is 18.9 Å². The maximum absolute atomic E-state index is 14.6. The summed E-state index contributed by atoms with van der Waals surface area (Å²) in [6.45, 7) is 1.15. The lowest BCUT2D eigenvalue weighted by Gasteiger charge is -2.26. The van der Waals surface area contributed by atoms with Crippen LogP contribution in [0.25, 0.3) is 0 Å². The SMILES string of the molecule is Nc1cc(N)c(N2CCCOc3ccccc32)c(F)c1Cl. The lowest BCUT2D eigenvalue weighted by molar-refractivity contribution is 0.322. The maximum Gasteiger partial charge on any atom is 0.169 e. The highest BCUT2D eigenvalue weighted by Gasteiger charge is 2.24. The number of para-hydroxylation sites is 2. The Morgan fingerprint density at radius 1 is 1.19 bits per heavy atom. The molecule has 110 valence electrons. The third kappa shape index (κ3) is 2.34. The smallest absolute Gasteiger partial charge is 0.169 e. The summed E-state index contributed by atoms with van der Waals surface area (Å²) in [5, 5.41) is -0.109. The molecule has 2 aromatic carbocycles. The molecule has 0 aliphatic carbocycles. The standard InChI is InChI=1S/C15H15ClFN3O/c16-13-9(18)8-10(19)15(14(13)17)20-6-3-7-21-12-5-2-1-4-11(12)20/h1-2,4-5,8H,3,6-7,18-19H2. The molecule has 1 aliphatic heterocycles. The van der Waals surface area contributed by atoms with E-state index in [9.17, 15) is 4.39 Å². The van der Waals surface area contributed by atoms with Gasteiger partial charge in [-0.2, -0.15) is 0 Å². The summed E-state index contributed by atoms with van der Waals surface area (Å²) in [6, 6.07) is 8.94. The summed E-state index contributed by atoms with van der Waals surface area (Å²) in [5.41, 5.74) is 13.0. The number of nitrogen functional groups attached to an aromatic ring is 2. The van der Waals surface area contributed by atoms with Gasteiger partial charge in [0.2, 0.25) is 0 Å². The van der Waals surface area contributed by atoms with E-state index in [4.69, 9.17) is 27.8 Å². The normalized spacial score (nSPS) is 14.3. The molecule has 0 unspecified atom stereocenters. The van der Waals surface area contributed by atoms with E-state index >= 15 is 0 Å². The Labute approximate surface area is 127 Å². The van der Waals surface area contributed by atoms with E-state index in [2.05, 4.69) is 0 Å². The Morgan fingerprint density at radius 3 is 2.76 bits per heavy atom. The van der Waals surface area contributed by atoms with Gasteiger partial charge >= 0.3 is 0 Å². The monoisotopic (exact) mass is 307 g/mol. The van der Waals surface area contributed by atoms with Crippen LogP contribution in [0.2, 0.25) is 5.02 Å². The van der Waals surface area contributed by atoms with Crippen molar-refractivity contribution in [2.75, 3.05) is 29.5 Å². The van der Waals surface area contributed by atoms with Gasteiger partial charge in [-0.05, 0) is 24.6 Å². The molecule has 2 aromatic rings. The predicted octanol–water partition coefficient (Wildman–Crippen LogP) is 3.56. The minimum atomic E-state index is -0.606. The van der Waals surface area contributed by atoms with Crippen LogP contribution >= 0.6 is 11.6 Å². The number of ether oxygens (including phenoxy) is 1. The number of nitrogens with two attached hydrogens (primary N) is 2. The fourth-order valence-electron chi connectivity index (χ4n) is 2.49. The summed E-state index contributed by atoms with van der Waals surface area (Å²) in [4.78, 5) is 1.79. The molecule has 4 N–H and O–H groups in total. The molecule has 0 spiro atoms. The van der Waals surface area contributed by atoms with Crippen LogP contribution < -0.4 is 21.1 Å². The number of hydrogen-bond acceptors (Lipinski definition) is 4. The van der Waals surface area contributed by atoms with E-state index < -0.39 is 5.82 Å². The second-order valence-electron chi connectivity index (χ2n) is 4.85. The number of benzene rings is 2. The molecule has 0 amide bonds. The zero-order chi connectivity index (χ0) is 15.0. The second-order valence-corrected chi connectivity index (χ2v) is 5.23. The van der Waals surface area contributed by atoms with E-state index in [-0.39, 0.29) is 22.1 Å². The summed E-state index contributed by atoms with van der Waals surface area (Å²) >= 11 is 5.93. The van der Waals surface area contributed by atoms with Gasteiger partial charge in [0.1, 0.15) is 16.5 Å². The van der Waals surface area contributed by atoms with E-state index in [0.717, 1.165) is 12.1 Å². The first kappa shape index (κ1) is 13.8. The largest absolute Gasteiger partial charge is 0.491 e. The molecule has 3 rings (SSSR count). The van der Waals surface area contributed by atoms with Crippen molar-refractivity contribution in [3.05, 3.63) is 41.2 Å². The van der Waals surface area contributed by atoms with Crippen LogP contribution in [0.5, 0.6) is 5.75 Å². The summed E-state index contributed by atoms with van der Waals surface area (Å²) in [6.07, 6.45) is 0.746. The Balaban J connectivity index is 2.19. The van der Waals surface area contributed by atoms with Crippen molar-refractivity contribution in [1.82, 2.24) is 0 Å². The van der Waals surface area contributed by atoms with Crippen LogP contribution in [0.3, 0.4) is 0 Å².